The molecule has 0 spiro atoms. The number of rotatable bonds is 3. The van der Waals surface area contributed by atoms with Gasteiger partial charge in [-0.05, 0) is 50.3 Å². The maximum Gasteiger partial charge on any atom is 0.343 e. The van der Waals surface area contributed by atoms with Gasteiger partial charge in [-0.2, -0.15) is 0 Å². The topological polar surface area (TPSA) is 105 Å². The lowest BCUT2D eigenvalue weighted by Gasteiger charge is -2.31. The number of carbonyl (C=O) groups excluding carboxylic acids is 1. The summed E-state index contributed by atoms with van der Waals surface area (Å²) in [6.45, 7) is 2.19. The second kappa shape index (κ2) is 6.71. The van der Waals surface area contributed by atoms with Crippen molar-refractivity contribution in [2.75, 3.05) is 14.1 Å². The first kappa shape index (κ1) is 19.9. The van der Waals surface area contributed by atoms with Crippen molar-refractivity contribution in [3.63, 3.8) is 0 Å². The first-order valence-electron chi connectivity index (χ1n) is 10.2. The van der Waals surface area contributed by atoms with Gasteiger partial charge in [0.1, 0.15) is 6.61 Å². The summed E-state index contributed by atoms with van der Waals surface area (Å²) in [4.78, 5) is 32.3. The van der Waals surface area contributed by atoms with Crippen LogP contribution in [0.15, 0.2) is 35.1 Å². The fourth-order valence-corrected chi connectivity index (χ4v) is 4.55. The third-order valence-electron chi connectivity index (χ3n) is 6.16. The standard InChI is InChI=1S/C23H23N3O5/c1-4-23(30)16-9-18-19-14(20(27)26(18)21(28)15(16)11-31-22(23)29)8-13-7-12(10-25(2)3)5-6-17(13)24-19/h5-9,20,27,30H,4,10-11H2,1-3H3/t20-,23-/m0/s1. The number of hydrogen-bond acceptors (Lipinski definition) is 7. The maximum absolute atomic E-state index is 13.2. The van der Waals surface area contributed by atoms with E-state index in [1.54, 1.807) is 13.0 Å². The molecule has 5 rings (SSSR count). The van der Waals surface area contributed by atoms with E-state index in [4.69, 9.17) is 9.72 Å². The number of carbonyl (C=O) groups is 1. The van der Waals surface area contributed by atoms with Gasteiger partial charge in [0.2, 0.25) is 0 Å². The van der Waals surface area contributed by atoms with Crippen LogP contribution in [0.5, 0.6) is 0 Å². The number of ether oxygens (including phenoxy) is 1. The number of aromatic nitrogens is 2. The smallest absolute Gasteiger partial charge is 0.343 e. The fourth-order valence-electron chi connectivity index (χ4n) is 4.55. The second-order valence-corrected chi connectivity index (χ2v) is 8.45. The zero-order valence-corrected chi connectivity index (χ0v) is 17.5. The number of aliphatic hydroxyl groups is 2. The highest BCUT2D eigenvalue weighted by molar-refractivity contribution is 5.86. The molecular weight excluding hydrogens is 398 g/mol. The van der Waals surface area contributed by atoms with E-state index in [2.05, 4.69) is 4.90 Å². The number of esters is 1. The predicted molar refractivity (Wildman–Crippen MR) is 113 cm³/mol. The summed E-state index contributed by atoms with van der Waals surface area (Å²) in [6.07, 6.45) is -1.14. The Morgan fingerprint density at radius 2 is 2.03 bits per heavy atom. The van der Waals surface area contributed by atoms with Crippen molar-refractivity contribution in [2.45, 2.75) is 38.3 Å². The van der Waals surface area contributed by atoms with E-state index < -0.39 is 23.4 Å². The van der Waals surface area contributed by atoms with Crippen molar-refractivity contribution >= 4 is 16.9 Å². The molecule has 0 saturated heterocycles. The summed E-state index contributed by atoms with van der Waals surface area (Å²) < 4.78 is 6.32. The Bertz CT molecular complexity index is 1310. The van der Waals surface area contributed by atoms with E-state index >= 15 is 0 Å². The van der Waals surface area contributed by atoms with Crippen molar-refractivity contribution in [1.29, 1.82) is 0 Å². The lowest BCUT2D eigenvalue weighted by Crippen LogP contribution is -2.44. The van der Waals surface area contributed by atoms with E-state index in [1.807, 2.05) is 38.4 Å². The number of cyclic esters (lactones) is 1. The molecule has 0 fully saturated rings. The van der Waals surface area contributed by atoms with Crippen LogP contribution in [0.2, 0.25) is 0 Å². The molecule has 2 aliphatic rings. The molecule has 4 heterocycles. The monoisotopic (exact) mass is 421 g/mol. The van der Waals surface area contributed by atoms with Crippen LogP contribution in [-0.2, 0) is 28.3 Å². The summed E-state index contributed by atoms with van der Waals surface area (Å²) in [5.74, 6) is -0.773. The van der Waals surface area contributed by atoms with Gasteiger partial charge in [-0.1, -0.05) is 13.0 Å². The first-order chi connectivity index (χ1) is 14.7. The average molecular weight is 421 g/mol. The summed E-state index contributed by atoms with van der Waals surface area (Å²) in [5, 5.41) is 22.8. The second-order valence-electron chi connectivity index (χ2n) is 8.45. The van der Waals surface area contributed by atoms with Gasteiger partial charge in [0.05, 0.1) is 22.5 Å². The third kappa shape index (κ3) is 2.76. The average Bonchev–Trinajstić information content (AvgIpc) is 3.01. The highest BCUT2D eigenvalue weighted by Gasteiger charge is 2.46. The van der Waals surface area contributed by atoms with Crippen LogP contribution in [0.1, 0.15) is 41.8 Å². The van der Waals surface area contributed by atoms with Crippen LogP contribution in [0.3, 0.4) is 0 Å². The Hall–Kier alpha value is -3.07. The largest absolute Gasteiger partial charge is 0.458 e. The number of aliphatic hydroxyl groups excluding tert-OH is 1. The molecule has 0 amide bonds. The first-order valence-corrected chi connectivity index (χ1v) is 10.2. The zero-order chi connectivity index (χ0) is 22.1. The van der Waals surface area contributed by atoms with E-state index in [9.17, 15) is 19.8 Å². The van der Waals surface area contributed by atoms with Crippen LogP contribution in [0, 0.1) is 0 Å². The molecular formula is C23H23N3O5. The maximum atomic E-state index is 13.2. The molecule has 2 aromatic heterocycles. The molecule has 0 aliphatic carbocycles. The molecule has 0 unspecified atom stereocenters. The van der Waals surface area contributed by atoms with E-state index in [0.717, 1.165) is 23.0 Å². The van der Waals surface area contributed by atoms with Gasteiger partial charge in [0.15, 0.2) is 11.8 Å². The van der Waals surface area contributed by atoms with Gasteiger partial charge in [0.25, 0.3) is 5.56 Å². The Morgan fingerprint density at radius 3 is 2.74 bits per heavy atom. The minimum atomic E-state index is -1.89. The van der Waals surface area contributed by atoms with Gasteiger partial charge < -0.3 is 19.8 Å². The van der Waals surface area contributed by atoms with Gasteiger partial charge >= 0.3 is 5.97 Å². The molecule has 160 valence electrons. The van der Waals surface area contributed by atoms with Gasteiger partial charge in [-0.25, -0.2) is 9.78 Å². The van der Waals surface area contributed by atoms with Gasteiger partial charge in [-0.15, -0.1) is 0 Å². The lowest BCUT2D eigenvalue weighted by molar-refractivity contribution is -0.172. The zero-order valence-electron chi connectivity index (χ0n) is 17.5. The SMILES string of the molecule is CC[C@@]1(O)C(=O)OCc2c1cc1n(c2=O)[C@@H](O)c2cc3cc(CN(C)C)ccc3nc2-1. The van der Waals surface area contributed by atoms with E-state index in [1.165, 1.54) is 4.57 Å². The number of nitrogens with zero attached hydrogens (tertiary/aromatic N) is 3. The summed E-state index contributed by atoms with van der Waals surface area (Å²) in [7, 11) is 3.98. The number of fused-ring (bicyclic) bond motifs is 5. The Labute approximate surface area is 178 Å². The summed E-state index contributed by atoms with van der Waals surface area (Å²) >= 11 is 0. The molecule has 1 aromatic carbocycles. The number of pyridine rings is 2. The quantitative estimate of drug-likeness (QED) is 0.620. The summed E-state index contributed by atoms with van der Waals surface area (Å²) in [5.41, 5.74) is 1.23. The predicted octanol–water partition coefficient (Wildman–Crippen LogP) is 1.63. The summed E-state index contributed by atoms with van der Waals surface area (Å²) in [6, 6.07) is 9.38. The van der Waals surface area contributed by atoms with Crippen molar-refractivity contribution < 1.29 is 19.7 Å². The molecule has 8 heteroatoms. The van der Waals surface area contributed by atoms with Crippen LogP contribution in [0.4, 0.5) is 0 Å². The van der Waals surface area contributed by atoms with Crippen molar-refractivity contribution in [2.24, 2.45) is 0 Å². The van der Waals surface area contributed by atoms with Crippen molar-refractivity contribution in [3.8, 4) is 11.4 Å². The highest BCUT2D eigenvalue weighted by Crippen LogP contribution is 2.41. The molecule has 31 heavy (non-hydrogen) atoms. The van der Waals surface area contributed by atoms with Crippen LogP contribution >= 0.6 is 0 Å². The highest BCUT2D eigenvalue weighted by atomic mass is 16.6. The molecule has 2 atom stereocenters. The van der Waals surface area contributed by atoms with E-state index in [-0.39, 0.29) is 24.2 Å². The molecule has 0 saturated carbocycles. The van der Waals surface area contributed by atoms with Crippen molar-refractivity contribution in [1.82, 2.24) is 14.5 Å². The van der Waals surface area contributed by atoms with Crippen LogP contribution < -0.4 is 5.56 Å². The van der Waals surface area contributed by atoms with Gasteiger partial charge in [-0.3, -0.25) is 9.36 Å². The Morgan fingerprint density at radius 1 is 1.26 bits per heavy atom. The van der Waals surface area contributed by atoms with Crippen molar-refractivity contribution in [3.05, 3.63) is 62.9 Å². The molecule has 8 nitrogen and oxygen atoms in total. The Balaban J connectivity index is 1.73. The van der Waals surface area contributed by atoms with Crippen LogP contribution in [-0.4, -0.2) is 44.7 Å². The van der Waals surface area contributed by atoms with Gasteiger partial charge in [0, 0.05) is 23.1 Å². The third-order valence-corrected chi connectivity index (χ3v) is 6.16. The minimum absolute atomic E-state index is 0.0664. The number of hydrogen-bond donors (Lipinski definition) is 2. The normalized spacial score (nSPS) is 21.7. The molecule has 0 radical (unpaired) electrons. The minimum Gasteiger partial charge on any atom is -0.458 e. The molecule has 0 bridgehead atoms. The van der Waals surface area contributed by atoms with E-state index in [0.29, 0.717) is 17.0 Å². The Kier molecular flexibility index (Phi) is 4.30. The molecule has 3 aromatic rings. The fraction of sp³-hybridized carbons (Fsp3) is 0.348. The molecule has 2 aliphatic heterocycles. The lowest BCUT2D eigenvalue weighted by atomic mass is 9.86. The molecule has 2 N–H and O–H groups in total. The number of benzene rings is 1. The van der Waals surface area contributed by atoms with Crippen LogP contribution in [0.25, 0.3) is 22.3 Å².